The van der Waals surface area contributed by atoms with E-state index in [0.29, 0.717) is 6.07 Å². The number of halogens is 3. The third-order valence-corrected chi connectivity index (χ3v) is 3.00. The number of carboxylic acids is 1. The number of benzene rings is 1. The number of carbonyl (C=O) groups is 2. The summed E-state index contributed by atoms with van der Waals surface area (Å²) in [6.07, 6.45) is -0.385. The highest BCUT2D eigenvalue weighted by Crippen LogP contribution is 2.21. The van der Waals surface area contributed by atoms with Crippen molar-refractivity contribution < 1.29 is 32.6 Å². The van der Waals surface area contributed by atoms with Crippen LogP contribution < -0.4 is 11.2 Å². The molecular weight excluding hydrogens is 321 g/mol. The summed E-state index contributed by atoms with van der Waals surface area (Å²) in [7, 11) is 0. The van der Waals surface area contributed by atoms with Gasteiger partial charge in [-0.25, -0.2) is 22.8 Å². The monoisotopic (exact) mass is 330 g/mol. The van der Waals surface area contributed by atoms with Gasteiger partial charge in [-0.1, -0.05) is 0 Å². The predicted octanol–water partition coefficient (Wildman–Crippen LogP) is 1.21. The van der Waals surface area contributed by atoms with E-state index >= 15 is 0 Å². The Morgan fingerprint density at radius 1 is 1.26 bits per heavy atom. The molecule has 0 radical (unpaired) electrons. The van der Waals surface area contributed by atoms with E-state index in [1.165, 1.54) is 0 Å². The van der Waals surface area contributed by atoms with Gasteiger partial charge in [-0.3, -0.25) is 4.79 Å². The van der Waals surface area contributed by atoms with Gasteiger partial charge >= 0.3 is 12.1 Å². The lowest BCUT2D eigenvalue weighted by atomic mass is 10.1. The fourth-order valence-corrected chi connectivity index (χ4v) is 2.04. The highest BCUT2D eigenvalue weighted by Gasteiger charge is 2.22. The summed E-state index contributed by atoms with van der Waals surface area (Å²) in [5.74, 6) is -6.74. The molecule has 1 aromatic carbocycles. The van der Waals surface area contributed by atoms with Crippen molar-refractivity contribution >= 4 is 23.0 Å². The summed E-state index contributed by atoms with van der Waals surface area (Å²) in [6, 6.07) is 0.411. The molecule has 0 unspecified atom stereocenters. The molecule has 23 heavy (non-hydrogen) atoms. The largest absolute Gasteiger partial charge is 0.477 e. The number of carbonyl (C=O) groups excluding carboxylic acids is 1. The minimum absolute atomic E-state index is 0.331. The molecule has 0 saturated carbocycles. The minimum Gasteiger partial charge on any atom is -0.477 e. The molecule has 0 fully saturated rings. The lowest BCUT2D eigenvalue weighted by molar-refractivity contribution is 0.0694. The summed E-state index contributed by atoms with van der Waals surface area (Å²) in [5, 5.41) is 8.32. The number of hydrogen-bond donors (Lipinski definition) is 2. The smallest absolute Gasteiger partial charge is 0.404 e. The molecule has 0 spiro atoms. The second-order valence-corrected chi connectivity index (χ2v) is 4.42. The van der Waals surface area contributed by atoms with Gasteiger partial charge in [0.15, 0.2) is 17.5 Å². The maximum absolute atomic E-state index is 14.0. The van der Waals surface area contributed by atoms with Crippen LogP contribution in [0.2, 0.25) is 0 Å². The number of amides is 1. The molecular formula is C13H9F3N2O5. The minimum atomic E-state index is -1.82. The van der Waals surface area contributed by atoms with Crippen molar-refractivity contribution in [2.45, 2.75) is 6.54 Å². The van der Waals surface area contributed by atoms with Gasteiger partial charge in [0.25, 0.3) is 0 Å². The van der Waals surface area contributed by atoms with Gasteiger partial charge in [0.2, 0.25) is 5.43 Å². The lowest BCUT2D eigenvalue weighted by Gasteiger charge is -2.13. The van der Waals surface area contributed by atoms with Gasteiger partial charge in [0, 0.05) is 6.20 Å². The molecule has 0 aliphatic heterocycles. The fraction of sp³-hybridized carbons (Fsp3) is 0.154. The molecule has 0 saturated heterocycles. The molecule has 3 N–H and O–H groups in total. The van der Waals surface area contributed by atoms with Crippen molar-refractivity contribution in [2.75, 3.05) is 6.61 Å². The molecule has 2 aromatic rings. The number of aromatic carboxylic acids is 1. The number of nitrogens with two attached hydrogens (primary N) is 1. The van der Waals surface area contributed by atoms with Crippen LogP contribution in [0, 0.1) is 17.5 Å². The van der Waals surface area contributed by atoms with E-state index in [-0.39, 0.29) is 6.54 Å². The molecule has 1 aromatic heterocycles. The normalized spacial score (nSPS) is 10.7. The molecule has 122 valence electrons. The summed E-state index contributed by atoms with van der Waals surface area (Å²) >= 11 is 0. The van der Waals surface area contributed by atoms with E-state index in [1.54, 1.807) is 0 Å². The molecule has 2 rings (SSSR count). The van der Waals surface area contributed by atoms with Gasteiger partial charge in [-0.2, -0.15) is 0 Å². The third kappa shape index (κ3) is 2.96. The number of primary amides is 1. The van der Waals surface area contributed by atoms with E-state index in [2.05, 4.69) is 4.74 Å². The van der Waals surface area contributed by atoms with Crippen molar-refractivity contribution in [1.82, 2.24) is 4.57 Å². The maximum atomic E-state index is 14.0. The van der Waals surface area contributed by atoms with Crippen LogP contribution in [0.3, 0.4) is 0 Å². The van der Waals surface area contributed by atoms with Crippen LogP contribution in [0.4, 0.5) is 18.0 Å². The highest BCUT2D eigenvalue weighted by atomic mass is 19.2. The van der Waals surface area contributed by atoms with E-state index in [0.717, 1.165) is 10.8 Å². The molecule has 7 nitrogen and oxygen atoms in total. The van der Waals surface area contributed by atoms with Gasteiger partial charge in [0.1, 0.15) is 12.2 Å². The predicted molar refractivity (Wildman–Crippen MR) is 70.6 cm³/mol. The van der Waals surface area contributed by atoms with Gasteiger partial charge in [-0.15, -0.1) is 0 Å². The Kier molecular flexibility index (Phi) is 4.25. The Labute approximate surface area is 125 Å². The number of nitrogens with zero attached hydrogens (tertiary/aromatic N) is 1. The Morgan fingerprint density at radius 3 is 2.48 bits per heavy atom. The zero-order chi connectivity index (χ0) is 17.3. The van der Waals surface area contributed by atoms with Gasteiger partial charge in [0.05, 0.1) is 17.4 Å². The quantitative estimate of drug-likeness (QED) is 0.819. The molecule has 0 aliphatic rings. The second-order valence-electron chi connectivity index (χ2n) is 4.42. The Bertz CT molecular complexity index is 878. The van der Waals surface area contributed by atoms with E-state index in [1.807, 2.05) is 0 Å². The van der Waals surface area contributed by atoms with Crippen LogP contribution >= 0.6 is 0 Å². The number of fused-ring (bicyclic) bond motifs is 1. The highest BCUT2D eigenvalue weighted by molar-refractivity contribution is 5.92. The van der Waals surface area contributed by atoms with Crippen LogP contribution in [0.15, 0.2) is 17.1 Å². The van der Waals surface area contributed by atoms with E-state index in [4.69, 9.17) is 10.8 Å². The SMILES string of the molecule is NC(=O)OCCn1cc(C(=O)O)c(=O)c2cc(F)c(F)c(F)c21. The van der Waals surface area contributed by atoms with Crippen molar-refractivity contribution in [3.63, 3.8) is 0 Å². The summed E-state index contributed by atoms with van der Waals surface area (Å²) in [6.45, 7) is -0.729. The fourth-order valence-electron chi connectivity index (χ4n) is 2.04. The van der Waals surface area contributed by atoms with Crippen molar-refractivity contribution in [3.05, 3.63) is 45.5 Å². The molecule has 0 aliphatic carbocycles. The maximum Gasteiger partial charge on any atom is 0.404 e. The zero-order valence-corrected chi connectivity index (χ0v) is 11.3. The Hall–Kier alpha value is -3.04. The summed E-state index contributed by atoms with van der Waals surface area (Å²) < 4.78 is 45.9. The van der Waals surface area contributed by atoms with Crippen LogP contribution in [0.25, 0.3) is 10.9 Å². The number of ether oxygens (including phenoxy) is 1. The van der Waals surface area contributed by atoms with Crippen LogP contribution in [0.1, 0.15) is 10.4 Å². The first kappa shape index (κ1) is 16.3. The number of hydrogen-bond acceptors (Lipinski definition) is 4. The zero-order valence-electron chi connectivity index (χ0n) is 11.3. The summed E-state index contributed by atoms with van der Waals surface area (Å²) in [4.78, 5) is 33.5. The molecule has 1 amide bonds. The van der Waals surface area contributed by atoms with Crippen molar-refractivity contribution in [3.8, 4) is 0 Å². The van der Waals surface area contributed by atoms with E-state index < -0.39 is 58.0 Å². The number of rotatable bonds is 4. The Morgan fingerprint density at radius 2 is 1.91 bits per heavy atom. The second kappa shape index (κ2) is 5.99. The van der Waals surface area contributed by atoms with Crippen LogP contribution in [-0.4, -0.2) is 28.3 Å². The van der Waals surface area contributed by atoms with Crippen molar-refractivity contribution in [2.24, 2.45) is 5.73 Å². The number of aromatic nitrogens is 1. The first-order chi connectivity index (χ1) is 10.7. The number of carboxylic acid groups (broad SMARTS) is 1. The standard InChI is InChI=1S/C13H9F3N2O5/c14-7-3-5-10(9(16)8(7)15)18(1-2-23-13(17)22)4-6(11(5)19)12(20)21/h3-4H,1-2H2,(H2,17,22)(H,20,21). The average molecular weight is 330 g/mol. The molecule has 10 heteroatoms. The first-order valence-corrected chi connectivity index (χ1v) is 6.10. The van der Waals surface area contributed by atoms with Gasteiger partial charge < -0.3 is 20.1 Å². The average Bonchev–Trinajstić information content (AvgIpc) is 2.46. The number of pyridine rings is 1. The summed E-state index contributed by atoms with van der Waals surface area (Å²) in [5.41, 5.74) is 2.16. The molecule has 1 heterocycles. The van der Waals surface area contributed by atoms with Crippen LogP contribution in [0.5, 0.6) is 0 Å². The third-order valence-electron chi connectivity index (χ3n) is 3.00. The molecule has 0 bridgehead atoms. The van der Waals surface area contributed by atoms with Gasteiger partial charge in [-0.05, 0) is 6.07 Å². The first-order valence-electron chi connectivity index (χ1n) is 6.10. The molecule has 0 atom stereocenters. The lowest BCUT2D eigenvalue weighted by Crippen LogP contribution is -2.22. The Balaban J connectivity index is 2.75. The topological polar surface area (TPSA) is 112 Å². The van der Waals surface area contributed by atoms with Crippen molar-refractivity contribution in [1.29, 1.82) is 0 Å². The van der Waals surface area contributed by atoms with E-state index in [9.17, 15) is 27.6 Å². The van der Waals surface area contributed by atoms with Crippen LogP contribution in [-0.2, 0) is 11.3 Å².